The fraction of sp³-hybridized carbons (Fsp3) is 0.444. The quantitative estimate of drug-likeness (QED) is 0.745. The summed E-state index contributed by atoms with van der Waals surface area (Å²) in [5, 5.41) is 2.73. The van der Waals surface area contributed by atoms with Gasteiger partial charge >= 0.3 is 0 Å². The van der Waals surface area contributed by atoms with Crippen molar-refractivity contribution < 1.29 is 19.1 Å². The topological polar surface area (TPSA) is 96.2 Å². The van der Waals surface area contributed by atoms with Crippen LogP contribution in [0.15, 0.2) is 24.4 Å². The molecule has 27 heavy (non-hydrogen) atoms. The number of imidazole rings is 1. The molecule has 3 rings (SSSR count). The van der Waals surface area contributed by atoms with Crippen molar-refractivity contribution in [2.45, 2.75) is 6.92 Å². The molecule has 0 atom stereocenters. The lowest BCUT2D eigenvalue weighted by Crippen LogP contribution is -2.50. The summed E-state index contributed by atoms with van der Waals surface area (Å²) >= 11 is 0. The number of rotatable bonds is 5. The lowest BCUT2D eigenvalue weighted by molar-refractivity contribution is -0.130. The van der Waals surface area contributed by atoms with Gasteiger partial charge in [0.1, 0.15) is 0 Å². The summed E-state index contributed by atoms with van der Waals surface area (Å²) in [5.74, 6) is -0.441. The van der Waals surface area contributed by atoms with E-state index in [-0.39, 0.29) is 29.2 Å². The van der Waals surface area contributed by atoms with Gasteiger partial charge in [-0.05, 0) is 12.1 Å². The van der Waals surface area contributed by atoms with Crippen molar-refractivity contribution in [1.82, 2.24) is 24.5 Å². The van der Waals surface area contributed by atoms with Gasteiger partial charge in [0.05, 0.1) is 12.1 Å². The number of nitrogens with zero attached hydrogens (tertiary/aromatic N) is 4. The molecule has 0 saturated carbocycles. The van der Waals surface area contributed by atoms with E-state index in [0.29, 0.717) is 44.8 Å². The minimum absolute atomic E-state index is 0.00422. The SMILES string of the molecule is COCCNC(=O)c1nc(C(=O)N2CCN(C(C)=O)CC2)c2ccccn12. The standard InChI is InChI=1S/C18H23N5O4/c1-13(24)21-8-10-22(11-9-21)18(26)15-14-5-3-4-7-23(14)16(20-15)17(25)19-6-12-27-2/h3-5,7H,6,8-12H2,1-2H3,(H,19,25). The molecule has 2 aromatic rings. The maximum Gasteiger partial charge on any atom is 0.287 e. The van der Waals surface area contributed by atoms with Crippen LogP contribution in [-0.4, -0.2) is 83.3 Å². The Morgan fingerprint density at radius 3 is 2.52 bits per heavy atom. The van der Waals surface area contributed by atoms with E-state index in [1.165, 1.54) is 6.92 Å². The van der Waals surface area contributed by atoms with E-state index < -0.39 is 0 Å². The van der Waals surface area contributed by atoms with Gasteiger partial charge in [0.2, 0.25) is 11.7 Å². The molecule has 9 nitrogen and oxygen atoms in total. The Morgan fingerprint density at radius 2 is 1.85 bits per heavy atom. The van der Waals surface area contributed by atoms with Gasteiger partial charge in [0, 0.05) is 53.0 Å². The Kier molecular flexibility index (Phi) is 5.70. The molecule has 0 spiro atoms. The van der Waals surface area contributed by atoms with Crippen molar-refractivity contribution >= 4 is 23.2 Å². The third-order valence-corrected chi connectivity index (χ3v) is 4.56. The summed E-state index contributed by atoms with van der Waals surface area (Å²) in [6, 6.07) is 5.34. The maximum absolute atomic E-state index is 13.0. The summed E-state index contributed by atoms with van der Waals surface area (Å²) < 4.78 is 6.55. The summed E-state index contributed by atoms with van der Waals surface area (Å²) in [4.78, 5) is 44.6. The first-order chi connectivity index (χ1) is 13.0. The number of piperazine rings is 1. The van der Waals surface area contributed by atoms with E-state index in [1.807, 2.05) is 0 Å². The number of ether oxygens (including phenoxy) is 1. The zero-order chi connectivity index (χ0) is 19.4. The molecule has 1 saturated heterocycles. The number of hydrogen-bond donors (Lipinski definition) is 1. The molecule has 1 N–H and O–H groups in total. The van der Waals surface area contributed by atoms with E-state index >= 15 is 0 Å². The Balaban J connectivity index is 1.83. The van der Waals surface area contributed by atoms with Crippen LogP contribution in [-0.2, 0) is 9.53 Å². The Labute approximate surface area is 156 Å². The second-order valence-electron chi connectivity index (χ2n) is 6.29. The fourth-order valence-corrected chi connectivity index (χ4v) is 3.08. The molecule has 144 valence electrons. The van der Waals surface area contributed by atoms with E-state index in [9.17, 15) is 14.4 Å². The summed E-state index contributed by atoms with van der Waals surface area (Å²) in [5.41, 5.74) is 0.817. The second-order valence-corrected chi connectivity index (χ2v) is 6.29. The number of aromatic nitrogens is 2. The highest BCUT2D eigenvalue weighted by Gasteiger charge is 2.28. The molecule has 1 aliphatic rings. The van der Waals surface area contributed by atoms with Crippen LogP contribution in [0.4, 0.5) is 0 Å². The largest absolute Gasteiger partial charge is 0.383 e. The Bertz CT molecular complexity index is 855. The first-order valence-corrected chi connectivity index (χ1v) is 8.82. The average molecular weight is 373 g/mol. The number of amides is 3. The Morgan fingerprint density at radius 1 is 1.15 bits per heavy atom. The molecule has 9 heteroatoms. The zero-order valence-corrected chi connectivity index (χ0v) is 15.5. The monoisotopic (exact) mass is 373 g/mol. The molecule has 2 aromatic heterocycles. The van der Waals surface area contributed by atoms with Crippen LogP contribution in [0.25, 0.3) is 5.52 Å². The molecule has 0 bridgehead atoms. The number of carbonyl (C=O) groups is 3. The highest BCUT2D eigenvalue weighted by molar-refractivity contribution is 6.02. The predicted octanol–water partition coefficient (Wildman–Crippen LogP) is 0.0148. The second kappa shape index (κ2) is 8.17. The van der Waals surface area contributed by atoms with E-state index in [4.69, 9.17) is 4.74 Å². The molecular formula is C18H23N5O4. The fourth-order valence-electron chi connectivity index (χ4n) is 3.08. The molecule has 3 amide bonds. The molecule has 1 aliphatic heterocycles. The van der Waals surface area contributed by atoms with Gasteiger partial charge < -0.3 is 19.9 Å². The van der Waals surface area contributed by atoms with Crippen molar-refractivity contribution in [1.29, 1.82) is 0 Å². The highest BCUT2D eigenvalue weighted by Crippen LogP contribution is 2.16. The molecule has 0 radical (unpaired) electrons. The van der Waals surface area contributed by atoms with E-state index in [0.717, 1.165) is 0 Å². The van der Waals surface area contributed by atoms with Crippen LogP contribution >= 0.6 is 0 Å². The minimum Gasteiger partial charge on any atom is -0.383 e. The van der Waals surface area contributed by atoms with Crippen LogP contribution in [0.1, 0.15) is 28.0 Å². The van der Waals surface area contributed by atoms with Gasteiger partial charge in [-0.25, -0.2) is 4.98 Å². The van der Waals surface area contributed by atoms with Gasteiger partial charge in [-0.1, -0.05) is 6.07 Å². The maximum atomic E-state index is 13.0. The zero-order valence-electron chi connectivity index (χ0n) is 15.5. The van der Waals surface area contributed by atoms with Crippen molar-refractivity contribution in [2.24, 2.45) is 0 Å². The molecular weight excluding hydrogens is 350 g/mol. The van der Waals surface area contributed by atoms with E-state index in [1.54, 1.807) is 45.7 Å². The molecule has 0 aliphatic carbocycles. The highest BCUT2D eigenvalue weighted by atomic mass is 16.5. The van der Waals surface area contributed by atoms with Crippen molar-refractivity contribution in [3.05, 3.63) is 35.9 Å². The minimum atomic E-state index is -0.367. The van der Waals surface area contributed by atoms with Gasteiger partial charge in [0.25, 0.3) is 11.8 Å². The van der Waals surface area contributed by atoms with Crippen LogP contribution in [0.3, 0.4) is 0 Å². The number of hydrogen-bond acceptors (Lipinski definition) is 5. The molecule has 3 heterocycles. The van der Waals surface area contributed by atoms with Crippen LogP contribution < -0.4 is 5.32 Å². The van der Waals surface area contributed by atoms with E-state index in [2.05, 4.69) is 10.3 Å². The van der Waals surface area contributed by atoms with Crippen LogP contribution in [0, 0.1) is 0 Å². The Hall–Kier alpha value is -2.94. The summed E-state index contributed by atoms with van der Waals surface area (Å²) in [7, 11) is 1.56. The third-order valence-electron chi connectivity index (χ3n) is 4.56. The van der Waals surface area contributed by atoms with Crippen molar-refractivity contribution in [3.63, 3.8) is 0 Å². The lowest BCUT2D eigenvalue weighted by atomic mass is 10.2. The average Bonchev–Trinajstić information content (AvgIpc) is 3.07. The van der Waals surface area contributed by atoms with Gasteiger partial charge in [-0.15, -0.1) is 0 Å². The number of fused-ring (bicyclic) bond motifs is 1. The normalized spacial score (nSPS) is 14.4. The summed E-state index contributed by atoms with van der Waals surface area (Å²) in [6.07, 6.45) is 1.71. The first-order valence-electron chi connectivity index (χ1n) is 8.82. The number of methoxy groups -OCH3 is 1. The number of pyridine rings is 1. The third kappa shape index (κ3) is 3.92. The van der Waals surface area contributed by atoms with Gasteiger partial charge in [0.15, 0.2) is 5.69 Å². The number of carbonyl (C=O) groups excluding carboxylic acids is 3. The molecule has 0 unspecified atom stereocenters. The van der Waals surface area contributed by atoms with Gasteiger partial charge in [-0.2, -0.15) is 0 Å². The first kappa shape index (κ1) is 18.8. The van der Waals surface area contributed by atoms with Crippen LogP contribution in [0.2, 0.25) is 0 Å². The van der Waals surface area contributed by atoms with Crippen molar-refractivity contribution in [3.8, 4) is 0 Å². The smallest absolute Gasteiger partial charge is 0.287 e. The molecule has 0 aromatic carbocycles. The summed E-state index contributed by atoms with van der Waals surface area (Å²) in [6.45, 7) is 4.15. The van der Waals surface area contributed by atoms with Crippen LogP contribution in [0.5, 0.6) is 0 Å². The predicted molar refractivity (Wildman–Crippen MR) is 97.6 cm³/mol. The molecule has 1 fully saturated rings. The number of nitrogens with one attached hydrogen (secondary N) is 1. The van der Waals surface area contributed by atoms with Crippen molar-refractivity contribution in [2.75, 3.05) is 46.4 Å². The lowest BCUT2D eigenvalue weighted by Gasteiger charge is -2.33. The van der Waals surface area contributed by atoms with Gasteiger partial charge in [-0.3, -0.25) is 18.8 Å².